The van der Waals surface area contributed by atoms with Gasteiger partial charge in [-0.15, -0.1) is 11.3 Å². The standard InChI is InChI=1S/C21H25N3O5S/c1-4-29-21(26)24-11-10-14-16(12-24)30-20(18(14)22)23-17(25)9-8-13-6-5-7-15(27-2)19(13)28-3/h5-9H,4,10-12,22H2,1-3H3,(H,23,25)/b9-8+. The topological polar surface area (TPSA) is 103 Å². The molecule has 2 heterocycles. The van der Waals surface area contributed by atoms with Gasteiger partial charge in [0.1, 0.15) is 5.00 Å². The highest BCUT2D eigenvalue weighted by molar-refractivity contribution is 7.17. The van der Waals surface area contributed by atoms with Crippen LogP contribution in [0.5, 0.6) is 11.5 Å². The molecule has 160 valence electrons. The lowest BCUT2D eigenvalue weighted by Crippen LogP contribution is -2.35. The fraction of sp³-hybridized carbons (Fsp3) is 0.333. The Kier molecular flexibility index (Phi) is 6.83. The van der Waals surface area contributed by atoms with Crippen LogP contribution in [0, 0.1) is 0 Å². The third-order valence-corrected chi connectivity index (χ3v) is 5.86. The summed E-state index contributed by atoms with van der Waals surface area (Å²) in [5.41, 5.74) is 8.50. The molecule has 0 atom stereocenters. The molecule has 8 nitrogen and oxygen atoms in total. The van der Waals surface area contributed by atoms with Crippen molar-refractivity contribution < 1.29 is 23.8 Å². The van der Waals surface area contributed by atoms with E-state index in [9.17, 15) is 9.59 Å². The third kappa shape index (κ3) is 4.51. The Labute approximate surface area is 179 Å². The fourth-order valence-electron chi connectivity index (χ4n) is 3.25. The summed E-state index contributed by atoms with van der Waals surface area (Å²) in [6.07, 6.45) is 3.36. The van der Waals surface area contributed by atoms with E-state index in [1.807, 2.05) is 12.1 Å². The minimum Gasteiger partial charge on any atom is -0.493 e. The van der Waals surface area contributed by atoms with Gasteiger partial charge in [-0.2, -0.15) is 0 Å². The molecule has 2 aromatic rings. The van der Waals surface area contributed by atoms with E-state index in [1.165, 1.54) is 17.4 Å². The summed E-state index contributed by atoms with van der Waals surface area (Å²) < 4.78 is 15.7. The predicted molar refractivity (Wildman–Crippen MR) is 117 cm³/mol. The molecule has 3 rings (SSSR count). The van der Waals surface area contributed by atoms with Gasteiger partial charge in [0.15, 0.2) is 11.5 Å². The molecular weight excluding hydrogens is 406 g/mol. The summed E-state index contributed by atoms with van der Waals surface area (Å²) in [7, 11) is 3.11. The van der Waals surface area contributed by atoms with Crippen molar-refractivity contribution >= 4 is 40.1 Å². The zero-order chi connectivity index (χ0) is 21.7. The number of ether oxygens (including phenoxy) is 3. The van der Waals surface area contributed by atoms with E-state index in [4.69, 9.17) is 19.9 Å². The minimum atomic E-state index is -0.337. The molecule has 1 aliphatic rings. The van der Waals surface area contributed by atoms with Gasteiger partial charge in [-0.3, -0.25) is 4.79 Å². The number of nitrogen functional groups attached to an aromatic ring is 1. The summed E-state index contributed by atoms with van der Waals surface area (Å²) in [6, 6.07) is 5.43. The largest absolute Gasteiger partial charge is 0.493 e. The number of rotatable bonds is 6. The van der Waals surface area contributed by atoms with E-state index >= 15 is 0 Å². The number of para-hydroxylation sites is 1. The fourth-order valence-corrected chi connectivity index (χ4v) is 4.44. The molecule has 1 aromatic carbocycles. The maximum Gasteiger partial charge on any atom is 0.410 e. The number of carbonyl (C=O) groups is 2. The van der Waals surface area contributed by atoms with E-state index in [0.717, 1.165) is 16.0 Å². The van der Waals surface area contributed by atoms with Crippen LogP contribution in [0.1, 0.15) is 22.9 Å². The second kappa shape index (κ2) is 9.53. The highest BCUT2D eigenvalue weighted by Crippen LogP contribution is 2.39. The first-order valence-electron chi connectivity index (χ1n) is 9.50. The number of benzene rings is 1. The molecule has 2 amide bonds. The highest BCUT2D eigenvalue weighted by Gasteiger charge is 2.26. The SMILES string of the molecule is CCOC(=O)N1CCc2c(sc(NC(=O)/C=C/c3cccc(OC)c3OC)c2N)C1. The number of hydrogen-bond acceptors (Lipinski definition) is 7. The van der Waals surface area contributed by atoms with Crippen LogP contribution in [0.25, 0.3) is 6.08 Å². The van der Waals surface area contributed by atoms with Crippen molar-refractivity contribution in [1.82, 2.24) is 4.90 Å². The number of carbonyl (C=O) groups excluding carboxylic acids is 2. The molecule has 9 heteroatoms. The molecule has 0 bridgehead atoms. The zero-order valence-electron chi connectivity index (χ0n) is 17.2. The molecule has 0 fully saturated rings. The van der Waals surface area contributed by atoms with Gasteiger partial charge in [-0.05, 0) is 31.1 Å². The number of amides is 2. The monoisotopic (exact) mass is 431 g/mol. The quantitative estimate of drug-likeness (QED) is 0.679. The minimum absolute atomic E-state index is 0.313. The van der Waals surface area contributed by atoms with Gasteiger partial charge in [-0.25, -0.2) is 4.79 Å². The Hall–Kier alpha value is -3.20. The summed E-state index contributed by atoms with van der Waals surface area (Å²) >= 11 is 1.38. The summed E-state index contributed by atoms with van der Waals surface area (Å²) in [4.78, 5) is 27.0. The average molecular weight is 432 g/mol. The maximum atomic E-state index is 12.5. The maximum absolute atomic E-state index is 12.5. The molecular formula is C21H25N3O5S. The van der Waals surface area contributed by atoms with Crippen LogP contribution >= 0.6 is 11.3 Å². The van der Waals surface area contributed by atoms with Crippen LogP contribution in [-0.4, -0.2) is 44.3 Å². The average Bonchev–Trinajstić information content (AvgIpc) is 3.06. The van der Waals surface area contributed by atoms with Crippen LogP contribution in [0.15, 0.2) is 24.3 Å². The Morgan fingerprint density at radius 2 is 2.10 bits per heavy atom. The van der Waals surface area contributed by atoms with Gasteiger partial charge in [0.25, 0.3) is 0 Å². The van der Waals surface area contributed by atoms with Crippen molar-refractivity contribution in [3.63, 3.8) is 0 Å². The van der Waals surface area contributed by atoms with Crippen LogP contribution < -0.4 is 20.5 Å². The van der Waals surface area contributed by atoms with Crippen molar-refractivity contribution in [3.05, 3.63) is 40.3 Å². The molecule has 0 saturated heterocycles. The van der Waals surface area contributed by atoms with Crippen molar-refractivity contribution in [2.75, 3.05) is 38.4 Å². The lowest BCUT2D eigenvalue weighted by molar-refractivity contribution is -0.111. The van der Waals surface area contributed by atoms with Gasteiger partial charge < -0.3 is 30.2 Å². The van der Waals surface area contributed by atoms with Crippen LogP contribution in [-0.2, 0) is 22.5 Å². The summed E-state index contributed by atoms with van der Waals surface area (Å²) in [5, 5.41) is 3.42. The van der Waals surface area contributed by atoms with E-state index in [2.05, 4.69) is 5.32 Å². The molecule has 1 aliphatic heterocycles. The molecule has 0 spiro atoms. The van der Waals surface area contributed by atoms with Gasteiger partial charge in [0.2, 0.25) is 5.91 Å². The van der Waals surface area contributed by atoms with Crippen molar-refractivity contribution in [2.45, 2.75) is 19.9 Å². The van der Waals surface area contributed by atoms with Gasteiger partial charge in [-0.1, -0.05) is 12.1 Å². The summed E-state index contributed by atoms with van der Waals surface area (Å²) in [6.45, 7) is 3.07. The number of nitrogens with two attached hydrogens (primary N) is 1. The predicted octanol–water partition coefficient (Wildman–Crippen LogP) is 3.51. The van der Waals surface area contributed by atoms with E-state index < -0.39 is 0 Å². The first kappa shape index (κ1) is 21.5. The Balaban J connectivity index is 1.72. The molecule has 0 radical (unpaired) electrons. The van der Waals surface area contributed by atoms with Crippen LogP contribution in [0.3, 0.4) is 0 Å². The van der Waals surface area contributed by atoms with Crippen molar-refractivity contribution in [2.24, 2.45) is 0 Å². The smallest absolute Gasteiger partial charge is 0.410 e. The normalized spacial score (nSPS) is 13.1. The Morgan fingerprint density at radius 3 is 2.80 bits per heavy atom. The van der Waals surface area contributed by atoms with E-state index in [-0.39, 0.29) is 12.0 Å². The zero-order valence-corrected chi connectivity index (χ0v) is 18.0. The Bertz CT molecular complexity index is 970. The second-order valence-electron chi connectivity index (χ2n) is 6.52. The van der Waals surface area contributed by atoms with Gasteiger partial charge >= 0.3 is 6.09 Å². The number of anilines is 2. The first-order valence-corrected chi connectivity index (χ1v) is 10.3. The summed E-state index contributed by atoms with van der Waals surface area (Å²) in [5.74, 6) is 0.822. The lowest BCUT2D eigenvalue weighted by Gasteiger charge is -2.26. The number of methoxy groups -OCH3 is 2. The first-order chi connectivity index (χ1) is 14.5. The highest BCUT2D eigenvalue weighted by atomic mass is 32.1. The number of nitrogens with zero attached hydrogens (tertiary/aromatic N) is 1. The molecule has 30 heavy (non-hydrogen) atoms. The van der Waals surface area contributed by atoms with Gasteiger partial charge in [0, 0.05) is 23.1 Å². The van der Waals surface area contributed by atoms with E-state index in [1.54, 1.807) is 38.2 Å². The number of thiophene rings is 1. The van der Waals surface area contributed by atoms with Gasteiger partial charge in [0.05, 0.1) is 33.1 Å². The molecule has 1 aromatic heterocycles. The number of nitrogens with one attached hydrogen (secondary N) is 1. The van der Waals surface area contributed by atoms with E-state index in [0.29, 0.717) is 48.3 Å². The molecule has 0 saturated carbocycles. The van der Waals surface area contributed by atoms with Crippen LogP contribution in [0.2, 0.25) is 0 Å². The lowest BCUT2D eigenvalue weighted by atomic mass is 10.1. The second-order valence-corrected chi connectivity index (χ2v) is 7.63. The van der Waals surface area contributed by atoms with Crippen LogP contribution in [0.4, 0.5) is 15.5 Å². The molecule has 0 aliphatic carbocycles. The molecule has 3 N–H and O–H groups in total. The Morgan fingerprint density at radius 1 is 1.30 bits per heavy atom. The number of hydrogen-bond donors (Lipinski definition) is 2. The van der Waals surface area contributed by atoms with Crippen molar-refractivity contribution in [3.8, 4) is 11.5 Å². The third-order valence-electron chi connectivity index (χ3n) is 4.71. The van der Waals surface area contributed by atoms with Crippen molar-refractivity contribution in [1.29, 1.82) is 0 Å². The molecule has 0 unspecified atom stereocenters. The number of fused-ring (bicyclic) bond motifs is 1.